The van der Waals surface area contributed by atoms with Gasteiger partial charge in [-0.1, -0.05) is 0 Å². The second-order valence-electron chi connectivity index (χ2n) is 6.84. The molecule has 1 aliphatic heterocycles. The number of carbonyl (C=O) groups is 3. The van der Waals surface area contributed by atoms with E-state index in [2.05, 4.69) is 5.32 Å². The summed E-state index contributed by atoms with van der Waals surface area (Å²) in [5, 5.41) is 2.73. The normalized spacial score (nSPS) is 14.2. The Bertz CT molecular complexity index is 832. The van der Waals surface area contributed by atoms with Gasteiger partial charge in [-0.25, -0.2) is 0 Å². The monoisotopic (exact) mass is 387 g/mol. The van der Waals surface area contributed by atoms with E-state index in [-0.39, 0.29) is 23.5 Å². The first-order chi connectivity index (χ1) is 13.5. The fourth-order valence-corrected chi connectivity index (χ4v) is 3.27. The van der Waals surface area contributed by atoms with E-state index in [1.807, 2.05) is 6.92 Å². The highest BCUT2D eigenvalue weighted by molar-refractivity contribution is 5.95. The number of nitrogens with one attached hydrogen (secondary N) is 1. The molecule has 150 valence electrons. The molecule has 3 amide bonds. The predicted molar refractivity (Wildman–Crippen MR) is 101 cm³/mol. The number of hydrogen-bond acceptors (Lipinski definition) is 5. The van der Waals surface area contributed by atoms with Crippen LogP contribution in [0.3, 0.4) is 0 Å². The van der Waals surface area contributed by atoms with Crippen molar-refractivity contribution in [1.82, 2.24) is 15.1 Å². The molecule has 3 heterocycles. The Balaban J connectivity index is 1.38. The van der Waals surface area contributed by atoms with Crippen LogP contribution in [0.25, 0.3) is 0 Å². The van der Waals surface area contributed by atoms with Crippen LogP contribution in [0.2, 0.25) is 0 Å². The van der Waals surface area contributed by atoms with Crippen molar-refractivity contribution < 1.29 is 23.2 Å². The van der Waals surface area contributed by atoms with Gasteiger partial charge in [0, 0.05) is 39.1 Å². The van der Waals surface area contributed by atoms with E-state index in [1.165, 1.54) is 6.26 Å². The van der Waals surface area contributed by atoms with Gasteiger partial charge in [0.1, 0.15) is 11.5 Å². The van der Waals surface area contributed by atoms with Crippen LogP contribution < -0.4 is 5.32 Å². The lowest BCUT2D eigenvalue weighted by Gasteiger charge is -2.34. The average Bonchev–Trinajstić information content (AvgIpc) is 3.34. The van der Waals surface area contributed by atoms with Crippen molar-refractivity contribution in [3.05, 3.63) is 47.3 Å². The van der Waals surface area contributed by atoms with E-state index in [4.69, 9.17) is 8.83 Å². The largest absolute Gasteiger partial charge is 0.466 e. The quantitative estimate of drug-likeness (QED) is 0.765. The topological polar surface area (TPSA) is 96.0 Å². The van der Waals surface area contributed by atoms with Crippen LogP contribution in [0.4, 0.5) is 0 Å². The van der Waals surface area contributed by atoms with Crippen LogP contribution in [0.15, 0.2) is 33.3 Å². The minimum Gasteiger partial charge on any atom is -0.466 e. The third-order valence-electron chi connectivity index (χ3n) is 4.79. The molecule has 28 heavy (non-hydrogen) atoms. The van der Waals surface area contributed by atoms with Gasteiger partial charge in [0.15, 0.2) is 5.76 Å². The smallest absolute Gasteiger partial charge is 0.286 e. The Kier molecular flexibility index (Phi) is 6.18. The molecule has 3 rings (SSSR count). The molecule has 1 saturated heterocycles. The molecule has 2 aromatic heterocycles. The van der Waals surface area contributed by atoms with Gasteiger partial charge in [0.25, 0.3) is 11.8 Å². The minimum absolute atomic E-state index is 0.0367. The summed E-state index contributed by atoms with van der Waals surface area (Å²) in [5.74, 6) is 1.30. The van der Waals surface area contributed by atoms with Gasteiger partial charge in [-0.05, 0) is 38.5 Å². The third kappa shape index (κ3) is 4.62. The van der Waals surface area contributed by atoms with Crippen molar-refractivity contribution in [2.45, 2.75) is 26.7 Å². The van der Waals surface area contributed by atoms with Crippen molar-refractivity contribution in [2.75, 3.05) is 32.7 Å². The van der Waals surface area contributed by atoms with E-state index in [0.29, 0.717) is 62.6 Å². The van der Waals surface area contributed by atoms with Crippen molar-refractivity contribution in [3.63, 3.8) is 0 Å². The summed E-state index contributed by atoms with van der Waals surface area (Å²) in [5.41, 5.74) is 0.588. The molecule has 2 aromatic rings. The molecule has 0 bridgehead atoms. The van der Waals surface area contributed by atoms with E-state index in [9.17, 15) is 14.4 Å². The summed E-state index contributed by atoms with van der Waals surface area (Å²) < 4.78 is 10.4. The molecule has 0 aliphatic carbocycles. The Hall–Kier alpha value is -3.03. The molecule has 1 N–H and O–H groups in total. The number of amides is 3. The number of furan rings is 2. The Morgan fingerprint density at radius 2 is 1.82 bits per heavy atom. The number of hydrogen-bond donors (Lipinski definition) is 1. The van der Waals surface area contributed by atoms with E-state index < -0.39 is 0 Å². The number of piperazine rings is 1. The lowest BCUT2D eigenvalue weighted by atomic mass is 10.2. The van der Waals surface area contributed by atoms with Crippen LogP contribution in [0.5, 0.6) is 0 Å². The average molecular weight is 387 g/mol. The van der Waals surface area contributed by atoms with Gasteiger partial charge in [-0.3, -0.25) is 14.4 Å². The zero-order valence-corrected chi connectivity index (χ0v) is 16.2. The minimum atomic E-state index is -0.283. The molecule has 0 aromatic carbocycles. The summed E-state index contributed by atoms with van der Waals surface area (Å²) in [7, 11) is 0. The molecule has 0 unspecified atom stereocenters. The maximum absolute atomic E-state index is 12.6. The van der Waals surface area contributed by atoms with Crippen molar-refractivity contribution in [1.29, 1.82) is 0 Å². The Morgan fingerprint density at radius 1 is 1.11 bits per heavy atom. The summed E-state index contributed by atoms with van der Waals surface area (Å²) in [4.78, 5) is 40.2. The number of carbonyl (C=O) groups excluding carboxylic acids is 3. The van der Waals surface area contributed by atoms with E-state index in [0.717, 1.165) is 0 Å². The summed E-state index contributed by atoms with van der Waals surface area (Å²) in [6.07, 6.45) is 2.35. The molecule has 0 atom stereocenters. The van der Waals surface area contributed by atoms with Crippen molar-refractivity contribution in [3.8, 4) is 0 Å². The standard InChI is InChI=1S/C20H25N3O5/c1-14-13-16(15(2)28-14)20(26)23-10-8-22(9-11-23)18(24)6-3-7-21-19(25)17-5-4-12-27-17/h4-5,12-13H,3,6-11H2,1-2H3,(H,21,25). The van der Waals surface area contributed by atoms with Gasteiger partial charge in [-0.2, -0.15) is 0 Å². The lowest BCUT2D eigenvalue weighted by molar-refractivity contribution is -0.132. The molecule has 0 spiro atoms. The highest BCUT2D eigenvalue weighted by Gasteiger charge is 2.26. The molecule has 1 aliphatic rings. The van der Waals surface area contributed by atoms with Gasteiger partial charge in [0.05, 0.1) is 11.8 Å². The second-order valence-corrected chi connectivity index (χ2v) is 6.84. The van der Waals surface area contributed by atoms with Crippen LogP contribution in [0.1, 0.15) is 45.3 Å². The molecular formula is C20H25N3O5. The fourth-order valence-electron chi connectivity index (χ4n) is 3.27. The van der Waals surface area contributed by atoms with Crippen LogP contribution in [0, 0.1) is 13.8 Å². The van der Waals surface area contributed by atoms with Crippen molar-refractivity contribution >= 4 is 17.7 Å². The maximum Gasteiger partial charge on any atom is 0.286 e. The SMILES string of the molecule is Cc1cc(C(=O)N2CCN(C(=O)CCCNC(=O)c3ccco3)CC2)c(C)o1. The van der Waals surface area contributed by atoms with Gasteiger partial charge in [-0.15, -0.1) is 0 Å². The third-order valence-corrected chi connectivity index (χ3v) is 4.79. The Labute approximate surface area is 163 Å². The lowest BCUT2D eigenvalue weighted by Crippen LogP contribution is -2.50. The van der Waals surface area contributed by atoms with Gasteiger partial charge in [0.2, 0.25) is 5.91 Å². The molecular weight excluding hydrogens is 362 g/mol. The number of nitrogens with zero attached hydrogens (tertiary/aromatic N) is 2. The van der Waals surface area contributed by atoms with E-state index >= 15 is 0 Å². The Morgan fingerprint density at radius 3 is 2.43 bits per heavy atom. The molecule has 8 nitrogen and oxygen atoms in total. The van der Waals surface area contributed by atoms with E-state index in [1.54, 1.807) is 34.9 Å². The first-order valence-corrected chi connectivity index (χ1v) is 9.41. The highest BCUT2D eigenvalue weighted by Crippen LogP contribution is 2.17. The zero-order valence-electron chi connectivity index (χ0n) is 16.2. The van der Waals surface area contributed by atoms with Gasteiger partial charge < -0.3 is 24.0 Å². The van der Waals surface area contributed by atoms with Crippen LogP contribution >= 0.6 is 0 Å². The number of rotatable bonds is 6. The predicted octanol–water partition coefficient (Wildman–Crippen LogP) is 1.98. The molecule has 0 radical (unpaired) electrons. The van der Waals surface area contributed by atoms with Crippen molar-refractivity contribution in [2.24, 2.45) is 0 Å². The summed E-state index contributed by atoms with van der Waals surface area (Å²) in [6, 6.07) is 5.00. The highest BCUT2D eigenvalue weighted by atomic mass is 16.3. The molecule has 1 fully saturated rings. The maximum atomic E-state index is 12.6. The molecule has 0 saturated carbocycles. The first kappa shape index (κ1) is 19.7. The summed E-state index contributed by atoms with van der Waals surface area (Å²) in [6.45, 7) is 6.04. The first-order valence-electron chi connectivity index (χ1n) is 9.41. The van der Waals surface area contributed by atoms with Crippen LogP contribution in [-0.2, 0) is 4.79 Å². The second kappa shape index (κ2) is 8.77. The molecule has 8 heteroatoms. The number of aryl methyl sites for hydroxylation is 2. The van der Waals surface area contributed by atoms with Crippen LogP contribution in [-0.4, -0.2) is 60.2 Å². The zero-order chi connectivity index (χ0) is 20.1. The van der Waals surface area contributed by atoms with Gasteiger partial charge >= 0.3 is 0 Å². The fraction of sp³-hybridized carbons (Fsp3) is 0.450. The summed E-state index contributed by atoms with van der Waals surface area (Å²) >= 11 is 0.